The van der Waals surface area contributed by atoms with Gasteiger partial charge < -0.3 is 5.32 Å². The molecule has 0 spiro atoms. The summed E-state index contributed by atoms with van der Waals surface area (Å²) in [5.41, 5.74) is 3.90. The van der Waals surface area contributed by atoms with E-state index in [4.69, 9.17) is 0 Å². The lowest BCUT2D eigenvalue weighted by atomic mass is 10.1. The molecule has 0 heterocycles. The van der Waals surface area contributed by atoms with Crippen LogP contribution >= 0.6 is 11.8 Å². The second kappa shape index (κ2) is 6.67. The van der Waals surface area contributed by atoms with Gasteiger partial charge in [0.25, 0.3) is 0 Å². The maximum atomic E-state index is 3.79. The first kappa shape index (κ1) is 14.1. The summed E-state index contributed by atoms with van der Waals surface area (Å²) in [6.07, 6.45) is 0. The average Bonchev–Trinajstić information content (AvgIpc) is 2.35. The fourth-order valence-corrected chi connectivity index (χ4v) is 2.32. The standard InChI is InChI=1S/C15H21NS/c1-6-17-15(11(2)3)14-9-7-13(8-10-14)12(4)16-5/h6-10,12,16H,1H2,2-5H3/t12-/m0/s1. The molecule has 1 aromatic rings. The van der Waals surface area contributed by atoms with Gasteiger partial charge in [0.05, 0.1) is 0 Å². The van der Waals surface area contributed by atoms with Gasteiger partial charge in [-0.3, -0.25) is 0 Å². The third-order valence-electron chi connectivity index (χ3n) is 2.76. The molecule has 0 aliphatic rings. The van der Waals surface area contributed by atoms with Gasteiger partial charge in [0.15, 0.2) is 0 Å². The molecule has 0 saturated heterocycles. The number of thioether (sulfide) groups is 1. The van der Waals surface area contributed by atoms with E-state index < -0.39 is 0 Å². The van der Waals surface area contributed by atoms with Gasteiger partial charge in [-0.05, 0) is 44.4 Å². The number of hydrogen-bond donors (Lipinski definition) is 1. The van der Waals surface area contributed by atoms with Crippen LogP contribution in [0, 0.1) is 0 Å². The van der Waals surface area contributed by atoms with Crippen molar-refractivity contribution in [2.75, 3.05) is 7.05 Å². The molecule has 0 bridgehead atoms. The first-order valence-electron chi connectivity index (χ1n) is 5.82. The van der Waals surface area contributed by atoms with Gasteiger partial charge in [-0.15, -0.1) is 0 Å². The number of rotatable bonds is 5. The smallest absolute Gasteiger partial charge is 0.0289 e. The van der Waals surface area contributed by atoms with Gasteiger partial charge in [-0.2, -0.15) is 0 Å². The molecule has 0 fully saturated rings. The maximum absolute atomic E-state index is 3.79. The molecule has 0 unspecified atom stereocenters. The zero-order valence-electron chi connectivity index (χ0n) is 11.1. The Bertz CT molecular complexity index is 399. The number of allylic oxidation sites excluding steroid dienone is 1. The summed E-state index contributed by atoms with van der Waals surface area (Å²) >= 11 is 1.69. The van der Waals surface area contributed by atoms with Crippen LogP contribution in [0.4, 0.5) is 0 Å². The Morgan fingerprint density at radius 2 is 1.88 bits per heavy atom. The minimum Gasteiger partial charge on any atom is -0.313 e. The Kier molecular flexibility index (Phi) is 5.52. The molecule has 0 radical (unpaired) electrons. The van der Waals surface area contributed by atoms with E-state index in [1.165, 1.54) is 21.6 Å². The quantitative estimate of drug-likeness (QED) is 0.816. The third kappa shape index (κ3) is 3.76. The van der Waals surface area contributed by atoms with Crippen molar-refractivity contribution in [1.29, 1.82) is 0 Å². The van der Waals surface area contributed by atoms with Crippen LogP contribution in [0.3, 0.4) is 0 Å². The van der Waals surface area contributed by atoms with E-state index >= 15 is 0 Å². The number of hydrogen-bond acceptors (Lipinski definition) is 2. The first-order valence-corrected chi connectivity index (χ1v) is 6.70. The van der Waals surface area contributed by atoms with Crippen LogP contribution < -0.4 is 5.32 Å². The molecule has 0 aliphatic carbocycles. The van der Waals surface area contributed by atoms with E-state index in [1.54, 1.807) is 11.8 Å². The molecule has 1 atom stereocenters. The molecule has 0 saturated carbocycles. The third-order valence-corrected chi connectivity index (χ3v) is 3.81. The normalized spacial score (nSPS) is 12.0. The zero-order valence-corrected chi connectivity index (χ0v) is 11.9. The van der Waals surface area contributed by atoms with Gasteiger partial charge in [0.1, 0.15) is 0 Å². The SMILES string of the molecule is C=CSC(=C(C)C)c1ccc([C@H](C)NC)cc1. The summed E-state index contributed by atoms with van der Waals surface area (Å²) < 4.78 is 0. The van der Waals surface area contributed by atoms with Gasteiger partial charge in [-0.1, -0.05) is 48.2 Å². The van der Waals surface area contributed by atoms with Crippen molar-refractivity contribution >= 4 is 16.7 Å². The summed E-state index contributed by atoms with van der Waals surface area (Å²) in [7, 11) is 1.98. The predicted molar refractivity (Wildman–Crippen MR) is 80.0 cm³/mol. The van der Waals surface area contributed by atoms with E-state index in [0.29, 0.717) is 6.04 Å². The van der Waals surface area contributed by atoms with Crippen molar-refractivity contribution in [1.82, 2.24) is 5.32 Å². The van der Waals surface area contributed by atoms with E-state index in [2.05, 4.69) is 56.9 Å². The summed E-state index contributed by atoms with van der Waals surface area (Å²) in [5.74, 6) is 0. The van der Waals surface area contributed by atoms with Crippen molar-refractivity contribution in [3.05, 3.63) is 53.0 Å². The molecule has 1 rings (SSSR count). The van der Waals surface area contributed by atoms with Crippen LogP contribution in [0.2, 0.25) is 0 Å². The first-order chi connectivity index (χ1) is 8.10. The van der Waals surface area contributed by atoms with Crippen molar-refractivity contribution in [2.45, 2.75) is 26.8 Å². The molecular weight excluding hydrogens is 226 g/mol. The Hall–Kier alpha value is -0.990. The molecule has 1 aromatic carbocycles. The number of nitrogens with one attached hydrogen (secondary N) is 1. The van der Waals surface area contributed by atoms with Gasteiger partial charge in [0.2, 0.25) is 0 Å². The molecule has 17 heavy (non-hydrogen) atoms. The minimum atomic E-state index is 0.395. The van der Waals surface area contributed by atoms with Crippen LogP contribution in [0.5, 0.6) is 0 Å². The Balaban J connectivity index is 3.01. The van der Waals surface area contributed by atoms with Crippen LogP contribution in [-0.2, 0) is 0 Å². The highest BCUT2D eigenvalue weighted by molar-refractivity contribution is 8.10. The van der Waals surface area contributed by atoms with Crippen LogP contribution in [-0.4, -0.2) is 7.05 Å². The van der Waals surface area contributed by atoms with Crippen molar-refractivity contribution in [2.24, 2.45) is 0 Å². The van der Waals surface area contributed by atoms with Gasteiger partial charge >= 0.3 is 0 Å². The molecule has 1 N–H and O–H groups in total. The summed E-state index contributed by atoms with van der Waals surface area (Å²) in [5, 5.41) is 5.13. The molecule has 0 aromatic heterocycles. The van der Waals surface area contributed by atoms with E-state index in [1.807, 2.05) is 12.5 Å². The van der Waals surface area contributed by atoms with Crippen molar-refractivity contribution in [3.8, 4) is 0 Å². The van der Waals surface area contributed by atoms with Crippen molar-refractivity contribution < 1.29 is 0 Å². The average molecular weight is 247 g/mol. The highest BCUT2D eigenvalue weighted by Gasteiger charge is 2.05. The second-order valence-corrected chi connectivity index (χ2v) is 5.22. The molecule has 0 aliphatic heterocycles. The number of benzene rings is 1. The second-order valence-electron chi connectivity index (χ2n) is 4.25. The van der Waals surface area contributed by atoms with Gasteiger partial charge in [0, 0.05) is 10.9 Å². The lowest BCUT2D eigenvalue weighted by Gasteiger charge is -2.12. The highest BCUT2D eigenvalue weighted by atomic mass is 32.2. The Morgan fingerprint density at radius 1 is 1.29 bits per heavy atom. The molecule has 0 amide bonds. The zero-order chi connectivity index (χ0) is 12.8. The van der Waals surface area contributed by atoms with E-state index in [9.17, 15) is 0 Å². The fourth-order valence-electron chi connectivity index (χ4n) is 1.65. The Labute approximate surface area is 109 Å². The molecule has 1 nitrogen and oxygen atoms in total. The minimum absolute atomic E-state index is 0.395. The molecular formula is C15H21NS. The van der Waals surface area contributed by atoms with E-state index in [-0.39, 0.29) is 0 Å². The molecule has 2 heteroatoms. The lowest BCUT2D eigenvalue weighted by molar-refractivity contribution is 0.652. The molecule has 92 valence electrons. The van der Waals surface area contributed by atoms with Crippen molar-refractivity contribution in [3.63, 3.8) is 0 Å². The topological polar surface area (TPSA) is 12.0 Å². The predicted octanol–water partition coefficient (Wildman–Crippen LogP) is 4.59. The van der Waals surface area contributed by atoms with Gasteiger partial charge in [-0.25, -0.2) is 0 Å². The maximum Gasteiger partial charge on any atom is 0.0289 e. The van der Waals surface area contributed by atoms with Crippen LogP contribution in [0.1, 0.15) is 37.9 Å². The lowest BCUT2D eigenvalue weighted by Crippen LogP contribution is -2.11. The van der Waals surface area contributed by atoms with Crippen LogP contribution in [0.25, 0.3) is 4.91 Å². The van der Waals surface area contributed by atoms with Crippen LogP contribution in [0.15, 0.2) is 41.8 Å². The Morgan fingerprint density at radius 3 is 2.29 bits per heavy atom. The highest BCUT2D eigenvalue weighted by Crippen LogP contribution is 2.31. The largest absolute Gasteiger partial charge is 0.313 e. The fraction of sp³-hybridized carbons (Fsp3) is 0.333. The summed E-state index contributed by atoms with van der Waals surface area (Å²) in [4.78, 5) is 1.30. The van der Waals surface area contributed by atoms with E-state index in [0.717, 1.165) is 0 Å². The monoisotopic (exact) mass is 247 g/mol. The summed E-state index contributed by atoms with van der Waals surface area (Å²) in [6, 6.07) is 9.13. The summed E-state index contributed by atoms with van der Waals surface area (Å²) in [6.45, 7) is 10.2.